The summed E-state index contributed by atoms with van der Waals surface area (Å²) in [5, 5.41) is 3.95. The fourth-order valence-electron chi connectivity index (χ4n) is 3.05. The van der Waals surface area contributed by atoms with E-state index in [1.54, 1.807) is 6.26 Å². The molecule has 152 valence electrons. The monoisotopic (exact) mass is 403 g/mol. The fourth-order valence-corrected chi connectivity index (χ4v) is 3.05. The Labute approximate surface area is 173 Å². The lowest BCUT2D eigenvalue weighted by atomic mass is 10.1. The van der Waals surface area contributed by atoms with Crippen LogP contribution in [-0.2, 0) is 29.0 Å². The summed E-state index contributed by atoms with van der Waals surface area (Å²) >= 11 is 0. The predicted octanol–water partition coefficient (Wildman–Crippen LogP) is 3.79. The normalized spacial score (nSPS) is 10.8. The molecule has 0 aliphatic heterocycles. The van der Waals surface area contributed by atoms with E-state index in [0.717, 1.165) is 28.6 Å². The van der Waals surface area contributed by atoms with Gasteiger partial charge in [-0.1, -0.05) is 37.3 Å². The van der Waals surface area contributed by atoms with Gasteiger partial charge in [0.25, 0.3) is 0 Å². The summed E-state index contributed by atoms with van der Waals surface area (Å²) in [6, 6.07) is 15.4. The summed E-state index contributed by atoms with van der Waals surface area (Å²) in [6.45, 7) is 1.97. The van der Waals surface area contributed by atoms with E-state index >= 15 is 0 Å². The van der Waals surface area contributed by atoms with Crippen LogP contribution in [0.5, 0.6) is 0 Å². The molecule has 0 radical (unpaired) electrons. The summed E-state index contributed by atoms with van der Waals surface area (Å²) in [7, 11) is 0. The molecule has 30 heavy (non-hydrogen) atoms. The molecule has 0 spiro atoms. The molecule has 2 heterocycles. The van der Waals surface area contributed by atoms with E-state index in [2.05, 4.69) is 27.2 Å². The highest BCUT2D eigenvalue weighted by Gasteiger charge is 2.13. The van der Waals surface area contributed by atoms with E-state index < -0.39 is 5.97 Å². The van der Waals surface area contributed by atoms with Crippen LogP contribution in [0.15, 0.2) is 59.2 Å². The van der Waals surface area contributed by atoms with E-state index in [0.29, 0.717) is 0 Å². The first-order valence-electron chi connectivity index (χ1n) is 9.58. The van der Waals surface area contributed by atoms with Gasteiger partial charge in [-0.15, -0.1) is 0 Å². The van der Waals surface area contributed by atoms with Crippen molar-refractivity contribution in [3.05, 3.63) is 71.7 Å². The molecule has 0 bridgehead atoms. The second-order valence-corrected chi connectivity index (χ2v) is 6.71. The Morgan fingerprint density at radius 2 is 1.97 bits per heavy atom. The van der Waals surface area contributed by atoms with Crippen LogP contribution in [0.3, 0.4) is 0 Å². The molecule has 8 nitrogen and oxygen atoms in total. The number of fused-ring (bicyclic) bond motifs is 1. The second-order valence-electron chi connectivity index (χ2n) is 6.71. The number of nitrogens with two attached hydrogens (primary N) is 1. The number of rotatable bonds is 7. The molecule has 3 N–H and O–H groups in total. The Morgan fingerprint density at radius 1 is 1.13 bits per heavy atom. The molecule has 0 atom stereocenters. The molecule has 0 unspecified atom stereocenters. The Kier molecular flexibility index (Phi) is 5.56. The van der Waals surface area contributed by atoms with Crippen LogP contribution >= 0.6 is 0 Å². The lowest BCUT2D eigenvalue weighted by molar-refractivity contribution is -0.144. The number of benzene rings is 2. The van der Waals surface area contributed by atoms with Crippen LogP contribution in [0.2, 0.25) is 0 Å². The maximum atomic E-state index is 12.3. The highest BCUT2D eigenvalue weighted by Crippen LogP contribution is 2.23. The third-order valence-corrected chi connectivity index (χ3v) is 4.55. The topological polar surface area (TPSA) is 116 Å². The number of carbonyl (C=O) groups excluding carboxylic acids is 1. The first-order chi connectivity index (χ1) is 14.6. The molecule has 0 aliphatic carbocycles. The summed E-state index contributed by atoms with van der Waals surface area (Å²) in [4.78, 5) is 24.7. The molecule has 4 rings (SSSR count). The number of aromatic nitrogens is 3. The number of furan rings is 1. The second kappa shape index (κ2) is 8.60. The lowest BCUT2D eigenvalue weighted by Gasteiger charge is -2.08. The van der Waals surface area contributed by atoms with Gasteiger partial charge in [0.05, 0.1) is 12.7 Å². The zero-order chi connectivity index (χ0) is 20.9. The number of anilines is 3. The smallest absolute Gasteiger partial charge is 0.310 e. The number of hydrogen-bond donors (Lipinski definition) is 2. The number of nitrogens with zero attached hydrogens (tertiary/aromatic N) is 3. The van der Waals surface area contributed by atoms with Gasteiger partial charge >= 0.3 is 5.97 Å². The largest absolute Gasteiger partial charge is 0.464 e. The van der Waals surface area contributed by atoms with Crippen molar-refractivity contribution in [1.82, 2.24) is 15.0 Å². The number of nitrogen functional groups attached to an aromatic ring is 1. The number of hydrogen-bond acceptors (Lipinski definition) is 8. The average Bonchev–Trinajstić information content (AvgIpc) is 3.14. The maximum absolute atomic E-state index is 12.3. The van der Waals surface area contributed by atoms with Crippen LogP contribution in [0.1, 0.15) is 23.9 Å². The SMILES string of the molecule is CCc1ccc2c(CC(=O)OCc3nc(N)nc(Nc4ccccc4)n3)coc2c1. The van der Waals surface area contributed by atoms with Gasteiger partial charge < -0.3 is 20.2 Å². The first kappa shape index (κ1) is 19.4. The zero-order valence-electron chi connectivity index (χ0n) is 16.5. The molecule has 0 fully saturated rings. The van der Waals surface area contributed by atoms with Gasteiger partial charge in [0.2, 0.25) is 11.9 Å². The maximum Gasteiger partial charge on any atom is 0.310 e. The van der Waals surface area contributed by atoms with Crippen LogP contribution in [-0.4, -0.2) is 20.9 Å². The quantitative estimate of drug-likeness (QED) is 0.448. The number of para-hydroxylation sites is 1. The number of esters is 1. The first-order valence-corrected chi connectivity index (χ1v) is 9.58. The van der Waals surface area contributed by atoms with Crippen LogP contribution in [0, 0.1) is 0 Å². The fraction of sp³-hybridized carbons (Fsp3) is 0.182. The van der Waals surface area contributed by atoms with Crippen molar-refractivity contribution in [2.24, 2.45) is 0 Å². The van der Waals surface area contributed by atoms with Gasteiger partial charge in [0.15, 0.2) is 12.4 Å². The van der Waals surface area contributed by atoms with Crippen molar-refractivity contribution in [2.75, 3.05) is 11.1 Å². The molecule has 2 aromatic carbocycles. The van der Waals surface area contributed by atoms with Crippen LogP contribution in [0.4, 0.5) is 17.6 Å². The molecular weight excluding hydrogens is 382 g/mol. The summed E-state index contributed by atoms with van der Waals surface area (Å²) in [6.07, 6.45) is 2.60. The Morgan fingerprint density at radius 3 is 2.77 bits per heavy atom. The molecular formula is C22H21N5O3. The molecule has 0 amide bonds. The van der Waals surface area contributed by atoms with Crippen molar-refractivity contribution < 1.29 is 13.9 Å². The molecule has 0 aliphatic rings. The summed E-state index contributed by atoms with van der Waals surface area (Å²) in [5.41, 5.74) is 9.29. The third kappa shape index (κ3) is 4.54. The minimum Gasteiger partial charge on any atom is -0.464 e. The molecule has 4 aromatic rings. The third-order valence-electron chi connectivity index (χ3n) is 4.55. The van der Waals surface area contributed by atoms with E-state index in [9.17, 15) is 4.79 Å². The van der Waals surface area contributed by atoms with Gasteiger partial charge in [0.1, 0.15) is 5.58 Å². The summed E-state index contributed by atoms with van der Waals surface area (Å²) < 4.78 is 10.9. The number of ether oxygens (including phenoxy) is 1. The number of carbonyl (C=O) groups is 1. The van der Waals surface area contributed by atoms with E-state index in [4.69, 9.17) is 14.9 Å². The highest BCUT2D eigenvalue weighted by atomic mass is 16.5. The van der Waals surface area contributed by atoms with E-state index in [1.165, 1.54) is 5.56 Å². The van der Waals surface area contributed by atoms with Gasteiger partial charge in [-0.25, -0.2) is 0 Å². The molecule has 2 aromatic heterocycles. The lowest BCUT2D eigenvalue weighted by Crippen LogP contribution is -2.12. The number of nitrogens with one attached hydrogen (secondary N) is 1. The Hall–Kier alpha value is -3.94. The molecule has 8 heteroatoms. The minimum absolute atomic E-state index is 0.0436. The Balaban J connectivity index is 1.40. The average molecular weight is 403 g/mol. The molecule has 0 saturated heterocycles. The van der Waals surface area contributed by atoms with Crippen molar-refractivity contribution >= 4 is 34.5 Å². The van der Waals surface area contributed by atoms with Gasteiger partial charge in [-0.3, -0.25) is 4.79 Å². The molecule has 0 saturated carbocycles. The van der Waals surface area contributed by atoms with Crippen LogP contribution < -0.4 is 11.1 Å². The Bertz CT molecular complexity index is 1170. The van der Waals surface area contributed by atoms with Crippen molar-refractivity contribution in [1.29, 1.82) is 0 Å². The van der Waals surface area contributed by atoms with E-state index in [-0.39, 0.29) is 30.7 Å². The van der Waals surface area contributed by atoms with Crippen molar-refractivity contribution in [2.45, 2.75) is 26.4 Å². The minimum atomic E-state index is -0.408. The standard InChI is InChI=1S/C22H21N5O3/c1-2-14-8-9-17-15(12-29-18(17)10-14)11-20(28)30-13-19-25-21(23)27-22(26-19)24-16-6-4-3-5-7-16/h3-10,12H,2,11,13H2,1H3,(H3,23,24,25,26,27). The van der Waals surface area contributed by atoms with Gasteiger partial charge in [-0.2, -0.15) is 15.0 Å². The summed E-state index contributed by atoms with van der Waals surface area (Å²) in [5.74, 6) is 0.182. The predicted molar refractivity (Wildman–Crippen MR) is 113 cm³/mol. The van der Waals surface area contributed by atoms with Gasteiger partial charge in [-0.05, 0) is 30.2 Å². The zero-order valence-corrected chi connectivity index (χ0v) is 16.5. The number of aryl methyl sites for hydroxylation is 1. The van der Waals surface area contributed by atoms with Crippen molar-refractivity contribution in [3.63, 3.8) is 0 Å². The van der Waals surface area contributed by atoms with E-state index in [1.807, 2.05) is 48.5 Å². The van der Waals surface area contributed by atoms with Crippen molar-refractivity contribution in [3.8, 4) is 0 Å². The highest BCUT2D eigenvalue weighted by molar-refractivity contribution is 5.86. The van der Waals surface area contributed by atoms with Gasteiger partial charge in [0, 0.05) is 16.6 Å². The van der Waals surface area contributed by atoms with Crippen LogP contribution in [0.25, 0.3) is 11.0 Å².